The monoisotopic (exact) mass is 472 g/mol. The van der Waals surface area contributed by atoms with Crippen LogP contribution in [-0.2, 0) is 14.3 Å². The second kappa shape index (κ2) is 13.2. The SMILES string of the molecule is CC(=O)OC(CCN1CCN(CCOC(c2ccccc2)c2ccccc2)CC1)c1ccccc1. The summed E-state index contributed by atoms with van der Waals surface area (Å²) in [6.07, 6.45) is 0.575. The Kier molecular flexibility index (Phi) is 9.47. The van der Waals surface area contributed by atoms with Crippen LogP contribution >= 0.6 is 0 Å². The molecule has 1 saturated heterocycles. The second-order valence-electron chi connectivity index (χ2n) is 9.05. The maximum Gasteiger partial charge on any atom is 0.303 e. The first kappa shape index (κ1) is 25.1. The molecule has 0 spiro atoms. The van der Waals surface area contributed by atoms with Crippen LogP contribution in [0.5, 0.6) is 0 Å². The van der Waals surface area contributed by atoms with Gasteiger partial charge in [0.05, 0.1) is 6.61 Å². The van der Waals surface area contributed by atoms with Gasteiger partial charge in [-0.2, -0.15) is 0 Å². The minimum Gasteiger partial charge on any atom is -0.458 e. The number of carbonyl (C=O) groups excluding carboxylic acids is 1. The molecule has 1 aliphatic heterocycles. The molecule has 5 heteroatoms. The van der Waals surface area contributed by atoms with Crippen LogP contribution in [-0.4, -0.2) is 61.6 Å². The Morgan fingerprint density at radius 1 is 0.714 bits per heavy atom. The Morgan fingerprint density at radius 3 is 1.66 bits per heavy atom. The maximum atomic E-state index is 11.6. The van der Waals surface area contributed by atoms with Gasteiger partial charge in [-0.05, 0) is 16.7 Å². The molecular weight excluding hydrogens is 436 g/mol. The standard InChI is InChI=1S/C30H36N2O3/c1-25(33)35-29(26-11-5-2-6-12-26)17-18-31-19-21-32(22-20-31)23-24-34-30(27-13-7-3-8-14-27)28-15-9-4-10-16-28/h2-16,29-30H,17-24H2,1H3. The molecule has 1 unspecified atom stereocenters. The fraction of sp³-hybridized carbons (Fsp3) is 0.367. The van der Waals surface area contributed by atoms with Crippen LogP contribution in [0, 0.1) is 0 Å². The molecule has 5 nitrogen and oxygen atoms in total. The summed E-state index contributed by atoms with van der Waals surface area (Å²) in [4.78, 5) is 16.5. The Balaban J connectivity index is 1.23. The van der Waals surface area contributed by atoms with Gasteiger partial charge in [-0.25, -0.2) is 0 Å². The first-order chi connectivity index (χ1) is 17.2. The molecule has 0 N–H and O–H groups in total. The molecular formula is C30H36N2O3. The number of nitrogens with zero attached hydrogens (tertiary/aromatic N) is 2. The minimum absolute atomic E-state index is 0.0464. The molecule has 184 valence electrons. The molecule has 0 bridgehead atoms. The summed E-state index contributed by atoms with van der Waals surface area (Å²) in [7, 11) is 0. The first-order valence-electron chi connectivity index (χ1n) is 12.6. The predicted molar refractivity (Wildman–Crippen MR) is 139 cm³/mol. The summed E-state index contributed by atoms with van der Waals surface area (Å²) in [6, 6.07) is 30.9. The lowest BCUT2D eigenvalue weighted by molar-refractivity contribution is -0.147. The van der Waals surface area contributed by atoms with Crippen molar-refractivity contribution in [3.8, 4) is 0 Å². The molecule has 1 heterocycles. The molecule has 0 amide bonds. The lowest BCUT2D eigenvalue weighted by atomic mass is 10.0. The lowest BCUT2D eigenvalue weighted by Gasteiger charge is -2.35. The zero-order valence-corrected chi connectivity index (χ0v) is 20.6. The summed E-state index contributed by atoms with van der Waals surface area (Å²) < 4.78 is 12.0. The van der Waals surface area contributed by atoms with E-state index in [0.717, 1.165) is 51.3 Å². The van der Waals surface area contributed by atoms with Gasteiger partial charge in [0, 0.05) is 52.6 Å². The van der Waals surface area contributed by atoms with Crippen molar-refractivity contribution in [1.29, 1.82) is 0 Å². The van der Waals surface area contributed by atoms with Gasteiger partial charge in [0.25, 0.3) is 0 Å². The summed E-state index contributed by atoms with van der Waals surface area (Å²) >= 11 is 0. The van der Waals surface area contributed by atoms with Crippen molar-refractivity contribution in [2.24, 2.45) is 0 Å². The summed E-state index contributed by atoms with van der Waals surface area (Å²) in [5.41, 5.74) is 3.43. The van der Waals surface area contributed by atoms with Crippen molar-refractivity contribution in [3.63, 3.8) is 0 Å². The van der Waals surface area contributed by atoms with Crippen molar-refractivity contribution in [2.45, 2.75) is 25.6 Å². The Hall–Kier alpha value is -2.99. The number of benzene rings is 3. The molecule has 0 radical (unpaired) electrons. The number of ether oxygens (including phenoxy) is 2. The smallest absolute Gasteiger partial charge is 0.303 e. The highest BCUT2D eigenvalue weighted by molar-refractivity contribution is 5.66. The summed E-state index contributed by atoms with van der Waals surface area (Å²) in [5, 5.41) is 0. The number of esters is 1. The molecule has 1 fully saturated rings. The largest absolute Gasteiger partial charge is 0.458 e. The third kappa shape index (κ3) is 7.76. The van der Waals surface area contributed by atoms with E-state index in [-0.39, 0.29) is 18.2 Å². The van der Waals surface area contributed by atoms with E-state index in [1.807, 2.05) is 42.5 Å². The van der Waals surface area contributed by atoms with Crippen LogP contribution in [0.3, 0.4) is 0 Å². The molecule has 4 rings (SSSR count). The quantitative estimate of drug-likeness (QED) is 0.363. The molecule has 0 saturated carbocycles. The molecule has 3 aromatic carbocycles. The van der Waals surface area contributed by atoms with Crippen molar-refractivity contribution in [2.75, 3.05) is 45.9 Å². The Bertz CT molecular complexity index is 966. The van der Waals surface area contributed by atoms with Crippen LogP contribution in [0.1, 0.15) is 42.2 Å². The van der Waals surface area contributed by atoms with Gasteiger partial charge in [0.15, 0.2) is 0 Å². The number of hydrogen-bond donors (Lipinski definition) is 0. The summed E-state index contributed by atoms with van der Waals surface area (Å²) in [6.45, 7) is 8.09. The predicted octanol–water partition coefficient (Wildman–Crippen LogP) is 5.10. The molecule has 1 aliphatic rings. The Labute approximate surface area is 209 Å². The van der Waals surface area contributed by atoms with Gasteiger partial charge < -0.3 is 14.4 Å². The van der Waals surface area contributed by atoms with Gasteiger partial charge in [-0.3, -0.25) is 9.69 Å². The second-order valence-corrected chi connectivity index (χ2v) is 9.05. The van der Waals surface area contributed by atoms with E-state index >= 15 is 0 Å². The minimum atomic E-state index is -0.229. The number of rotatable bonds is 11. The van der Waals surface area contributed by atoms with Crippen LogP contribution in [0.25, 0.3) is 0 Å². The van der Waals surface area contributed by atoms with Crippen molar-refractivity contribution >= 4 is 5.97 Å². The van der Waals surface area contributed by atoms with Crippen LogP contribution < -0.4 is 0 Å². The fourth-order valence-corrected chi connectivity index (χ4v) is 4.64. The highest BCUT2D eigenvalue weighted by atomic mass is 16.5. The number of piperazine rings is 1. The van der Waals surface area contributed by atoms with E-state index in [0.29, 0.717) is 6.61 Å². The molecule has 35 heavy (non-hydrogen) atoms. The van der Waals surface area contributed by atoms with Crippen LogP contribution in [0.15, 0.2) is 91.0 Å². The van der Waals surface area contributed by atoms with Gasteiger partial charge in [-0.1, -0.05) is 91.0 Å². The summed E-state index contributed by atoms with van der Waals surface area (Å²) in [5.74, 6) is -0.229. The van der Waals surface area contributed by atoms with E-state index in [1.165, 1.54) is 18.1 Å². The van der Waals surface area contributed by atoms with Crippen LogP contribution in [0.4, 0.5) is 0 Å². The molecule has 0 aromatic heterocycles. The van der Waals surface area contributed by atoms with Gasteiger partial charge in [0.2, 0.25) is 0 Å². The van der Waals surface area contributed by atoms with Crippen molar-refractivity contribution in [3.05, 3.63) is 108 Å². The van der Waals surface area contributed by atoms with Gasteiger partial charge >= 0.3 is 5.97 Å². The van der Waals surface area contributed by atoms with Crippen LogP contribution in [0.2, 0.25) is 0 Å². The lowest BCUT2D eigenvalue weighted by Crippen LogP contribution is -2.47. The molecule has 1 atom stereocenters. The number of carbonyl (C=O) groups is 1. The number of hydrogen-bond acceptors (Lipinski definition) is 5. The van der Waals surface area contributed by atoms with E-state index in [2.05, 4.69) is 58.3 Å². The highest BCUT2D eigenvalue weighted by Gasteiger charge is 2.21. The highest BCUT2D eigenvalue weighted by Crippen LogP contribution is 2.26. The van der Waals surface area contributed by atoms with E-state index in [4.69, 9.17) is 9.47 Å². The van der Waals surface area contributed by atoms with Crippen molar-refractivity contribution in [1.82, 2.24) is 9.80 Å². The van der Waals surface area contributed by atoms with Gasteiger partial charge in [0.1, 0.15) is 12.2 Å². The van der Waals surface area contributed by atoms with Gasteiger partial charge in [-0.15, -0.1) is 0 Å². The zero-order valence-electron chi connectivity index (χ0n) is 20.6. The molecule has 3 aromatic rings. The maximum absolute atomic E-state index is 11.6. The van der Waals surface area contributed by atoms with E-state index in [1.54, 1.807) is 0 Å². The first-order valence-corrected chi connectivity index (χ1v) is 12.6. The Morgan fingerprint density at radius 2 is 1.17 bits per heavy atom. The third-order valence-electron chi connectivity index (χ3n) is 6.55. The average molecular weight is 473 g/mol. The van der Waals surface area contributed by atoms with Crippen molar-refractivity contribution < 1.29 is 14.3 Å². The topological polar surface area (TPSA) is 42.0 Å². The fourth-order valence-electron chi connectivity index (χ4n) is 4.64. The zero-order chi connectivity index (χ0) is 24.3. The molecule has 0 aliphatic carbocycles. The average Bonchev–Trinajstić information content (AvgIpc) is 2.91. The normalized spacial score (nSPS) is 15.7. The van der Waals surface area contributed by atoms with E-state index < -0.39 is 0 Å². The third-order valence-corrected chi connectivity index (χ3v) is 6.55. The van der Waals surface area contributed by atoms with E-state index in [9.17, 15) is 4.79 Å².